The maximum Gasteiger partial charge on any atom is 0.162 e. The van der Waals surface area contributed by atoms with Crippen LogP contribution in [-0.2, 0) is 4.79 Å². The molecule has 0 amide bonds. The van der Waals surface area contributed by atoms with Gasteiger partial charge in [0, 0.05) is 0 Å². The van der Waals surface area contributed by atoms with Crippen LogP contribution in [0.1, 0.15) is 11.8 Å². The van der Waals surface area contributed by atoms with Crippen molar-refractivity contribution in [1.29, 1.82) is 0 Å². The Bertz CT molecular complexity index is 332. The van der Waals surface area contributed by atoms with Crippen LogP contribution in [0.3, 0.4) is 0 Å². The second-order valence-electron chi connectivity index (χ2n) is 2.10. The molecule has 0 N–H and O–H groups in total. The molecule has 64 valence electrons. The monoisotopic (exact) mass is 221 g/mol. The maximum atomic E-state index is 10.6. The van der Waals surface area contributed by atoms with Gasteiger partial charge >= 0.3 is 0 Å². The quantitative estimate of drug-likeness (QED) is 0.719. The van der Waals surface area contributed by atoms with Crippen LogP contribution >= 0.6 is 34.7 Å². The molecule has 0 bridgehead atoms. The summed E-state index contributed by atoms with van der Waals surface area (Å²) in [7, 11) is 0. The molecule has 0 aliphatic heterocycles. The number of allylic oxidation sites excluding steroid dienone is 1. The van der Waals surface area contributed by atoms with Gasteiger partial charge in [-0.05, 0) is 30.6 Å². The average molecular weight is 222 g/mol. The molecule has 0 fully saturated rings. The van der Waals surface area contributed by atoms with Gasteiger partial charge in [0.2, 0.25) is 0 Å². The highest BCUT2D eigenvalue weighted by molar-refractivity contribution is 7.08. The van der Waals surface area contributed by atoms with Crippen LogP contribution < -0.4 is 0 Å². The van der Waals surface area contributed by atoms with Crippen LogP contribution in [-0.4, -0.2) is 10.2 Å². The first-order valence-corrected chi connectivity index (χ1v) is 4.63. The highest BCUT2D eigenvalue weighted by atomic mass is 35.5. The summed E-state index contributed by atoms with van der Waals surface area (Å²) in [5.41, 5.74) is 0. The lowest BCUT2D eigenvalue weighted by Crippen LogP contribution is -1.78. The van der Waals surface area contributed by atoms with Crippen molar-refractivity contribution in [2.75, 3.05) is 0 Å². The Balaban J connectivity index is 2.90. The van der Waals surface area contributed by atoms with Crippen LogP contribution in [0.15, 0.2) is 6.08 Å². The second-order valence-corrected chi connectivity index (χ2v) is 3.64. The second kappa shape index (κ2) is 4.03. The Kier molecular flexibility index (Phi) is 3.26. The zero-order valence-electron chi connectivity index (χ0n) is 6.17. The lowest BCUT2D eigenvalue weighted by molar-refractivity contribution is -0.112. The van der Waals surface area contributed by atoms with E-state index in [1.807, 2.05) is 0 Å². The molecule has 0 aliphatic carbocycles. The number of aromatic nitrogens is 1. The molecule has 1 aromatic heterocycles. The van der Waals surface area contributed by atoms with Crippen LogP contribution in [0.2, 0.25) is 10.2 Å². The normalized spacial score (nSPS) is 10.9. The number of carbonyl (C=O) groups excluding carboxylic acids is 1. The van der Waals surface area contributed by atoms with E-state index >= 15 is 0 Å². The van der Waals surface area contributed by atoms with Crippen LogP contribution in [0.25, 0.3) is 6.08 Å². The van der Waals surface area contributed by atoms with Gasteiger partial charge < -0.3 is 0 Å². The molecule has 0 atom stereocenters. The van der Waals surface area contributed by atoms with Gasteiger partial charge in [0.25, 0.3) is 0 Å². The van der Waals surface area contributed by atoms with E-state index in [1.165, 1.54) is 24.5 Å². The number of nitrogens with zero attached hydrogens (tertiary/aromatic N) is 1. The Morgan fingerprint density at radius 1 is 1.58 bits per heavy atom. The van der Waals surface area contributed by atoms with E-state index in [-0.39, 0.29) is 10.9 Å². The molecule has 5 heteroatoms. The van der Waals surface area contributed by atoms with E-state index in [4.69, 9.17) is 23.2 Å². The highest BCUT2D eigenvalue weighted by Crippen LogP contribution is 2.29. The van der Waals surface area contributed by atoms with Crippen molar-refractivity contribution in [3.05, 3.63) is 21.1 Å². The van der Waals surface area contributed by atoms with Crippen molar-refractivity contribution in [3.63, 3.8) is 0 Å². The molecule has 1 aromatic rings. The smallest absolute Gasteiger partial charge is 0.162 e. The summed E-state index contributed by atoms with van der Waals surface area (Å²) >= 11 is 12.5. The molecule has 0 unspecified atom stereocenters. The van der Waals surface area contributed by atoms with E-state index in [0.29, 0.717) is 9.90 Å². The lowest BCUT2D eigenvalue weighted by Gasteiger charge is -1.84. The fraction of sp³-hybridized carbons (Fsp3) is 0.143. The first kappa shape index (κ1) is 9.71. The maximum absolute atomic E-state index is 10.6. The first-order chi connectivity index (χ1) is 5.61. The van der Waals surface area contributed by atoms with Crippen molar-refractivity contribution < 1.29 is 4.79 Å². The van der Waals surface area contributed by atoms with Crippen LogP contribution in [0, 0.1) is 0 Å². The van der Waals surface area contributed by atoms with Gasteiger partial charge in [-0.15, -0.1) is 0 Å². The van der Waals surface area contributed by atoms with Crippen LogP contribution in [0.5, 0.6) is 0 Å². The standard InChI is InChI=1S/C7H5Cl2NOS/c1-4(11)2-3-5-6(8)7(9)10-12-5/h2-3H,1H3. The zero-order valence-corrected chi connectivity index (χ0v) is 8.50. The van der Waals surface area contributed by atoms with E-state index in [9.17, 15) is 4.79 Å². The van der Waals surface area contributed by atoms with Gasteiger partial charge in [0.15, 0.2) is 10.9 Å². The Labute approximate surface area is 84.0 Å². The van der Waals surface area contributed by atoms with Crippen molar-refractivity contribution >= 4 is 46.6 Å². The summed E-state index contributed by atoms with van der Waals surface area (Å²) in [5, 5.41) is 0.684. The fourth-order valence-electron chi connectivity index (χ4n) is 0.568. The summed E-state index contributed by atoms with van der Waals surface area (Å²) in [5.74, 6) is -0.0319. The summed E-state index contributed by atoms with van der Waals surface area (Å²) in [6, 6.07) is 0. The van der Waals surface area contributed by atoms with E-state index in [2.05, 4.69) is 4.37 Å². The molecule has 0 aliphatic rings. The topological polar surface area (TPSA) is 30.0 Å². The molecular weight excluding hydrogens is 217 g/mol. The van der Waals surface area contributed by atoms with Gasteiger partial charge in [-0.2, -0.15) is 4.37 Å². The highest BCUT2D eigenvalue weighted by Gasteiger charge is 2.05. The Morgan fingerprint density at radius 3 is 2.67 bits per heavy atom. The molecule has 0 radical (unpaired) electrons. The SMILES string of the molecule is CC(=O)C=Cc1snc(Cl)c1Cl. The number of ketones is 1. The van der Waals surface area contributed by atoms with Gasteiger partial charge in [-0.1, -0.05) is 23.2 Å². The number of carbonyl (C=O) groups is 1. The lowest BCUT2D eigenvalue weighted by atomic mass is 10.3. The van der Waals surface area contributed by atoms with Crippen molar-refractivity contribution in [2.24, 2.45) is 0 Å². The van der Waals surface area contributed by atoms with Gasteiger partial charge in [0.1, 0.15) is 0 Å². The summed E-state index contributed by atoms with van der Waals surface area (Å²) in [6.45, 7) is 1.47. The predicted molar refractivity (Wildman–Crippen MR) is 51.8 cm³/mol. The van der Waals surface area contributed by atoms with Crippen molar-refractivity contribution in [3.8, 4) is 0 Å². The number of rotatable bonds is 2. The third-order valence-electron chi connectivity index (χ3n) is 1.09. The molecule has 0 saturated heterocycles. The minimum Gasteiger partial charge on any atom is -0.295 e. The van der Waals surface area contributed by atoms with E-state index in [1.54, 1.807) is 6.08 Å². The number of halogens is 2. The minimum atomic E-state index is -0.0319. The molecule has 1 rings (SSSR count). The van der Waals surface area contributed by atoms with Crippen LogP contribution in [0.4, 0.5) is 0 Å². The zero-order chi connectivity index (χ0) is 9.14. The molecule has 0 spiro atoms. The largest absolute Gasteiger partial charge is 0.295 e. The van der Waals surface area contributed by atoms with Crippen molar-refractivity contribution in [1.82, 2.24) is 4.37 Å². The van der Waals surface area contributed by atoms with Gasteiger partial charge in [-0.25, -0.2) is 0 Å². The number of hydrogen-bond acceptors (Lipinski definition) is 3. The molecule has 1 heterocycles. The molecule has 0 saturated carbocycles. The summed E-state index contributed by atoms with van der Waals surface area (Å²) in [6.07, 6.45) is 3.03. The summed E-state index contributed by atoms with van der Waals surface area (Å²) < 4.78 is 3.81. The molecular formula is C7H5Cl2NOS. The third-order valence-corrected chi connectivity index (χ3v) is 2.87. The van der Waals surface area contributed by atoms with E-state index < -0.39 is 0 Å². The first-order valence-electron chi connectivity index (χ1n) is 3.10. The average Bonchev–Trinajstić information content (AvgIpc) is 2.30. The Hall–Kier alpha value is -0.380. The molecule has 12 heavy (non-hydrogen) atoms. The summed E-state index contributed by atoms with van der Waals surface area (Å²) in [4.78, 5) is 11.3. The third kappa shape index (κ3) is 2.30. The predicted octanol–water partition coefficient (Wildman–Crippen LogP) is 3.05. The molecule has 0 aromatic carbocycles. The van der Waals surface area contributed by atoms with E-state index in [0.717, 1.165) is 0 Å². The van der Waals surface area contributed by atoms with Crippen molar-refractivity contribution in [2.45, 2.75) is 6.92 Å². The Morgan fingerprint density at radius 2 is 2.25 bits per heavy atom. The van der Waals surface area contributed by atoms with Gasteiger partial charge in [0.05, 0.1) is 9.90 Å². The molecule has 2 nitrogen and oxygen atoms in total. The minimum absolute atomic E-state index is 0.0319. The number of hydrogen-bond donors (Lipinski definition) is 0. The van der Waals surface area contributed by atoms with Gasteiger partial charge in [-0.3, -0.25) is 4.79 Å². The fourth-order valence-corrected chi connectivity index (χ4v) is 1.66.